The van der Waals surface area contributed by atoms with Crippen LogP contribution in [-0.2, 0) is 4.79 Å². The highest BCUT2D eigenvalue weighted by molar-refractivity contribution is 5.69. The van der Waals surface area contributed by atoms with E-state index in [0.29, 0.717) is 0 Å². The van der Waals surface area contributed by atoms with Crippen molar-refractivity contribution in [1.29, 1.82) is 0 Å². The van der Waals surface area contributed by atoms with Gasteiger partial charge in [-0.1, -0.05) is 6.07 Å². The smallest absolute Gasteiger partial charge is 0.308 e. The van der Waals surface area contributed by atoms with E-state index in [1.165, 1.54) is 25.1 Å². The predicted molar refractivity (Wildman–Crippen MR) is 43.2 cm³/mol. The summed E-state index contributed by atoms with van der Waals surface area (Å²) in [6.07, 6.45) is 0. The van der Waals surface area contributed by atoms with Crippen molar-refractivity contribution >= 4 is 11.7 Å². The first kappa shape index (κ1) is 9.18. The molecule has 13 heavy (non-hydrogen) atoms. The van der Waals surface area contributed by atoms with Crippen LogP contribution >= 0.6 is 0 Å². The highest BCUT2D eigenvalue weighted by Gasteiger charge is 2.07. The summed E-state index contributed by atoms with van der Waals surface area (Å²) in [5, 5.41) is 10.3. The summed E-state index contributed by atoms with van der Waals surface area (Å²) in [6, 6.07) is 6.45. The van der Waals surface area contributed by atoms with E-state index in [9.17, 15) is 14.9 Å². The first-order valence-electron chi connectivity index (χ1n) is 3.45. The molecular weight excluding hydrogens is 174 g/mol. The minimum absolute atomic E-state index is 0.0571. The van der Waals surface area contributed by atoms with Crippen molar-refractivity contribution in [3.63, 3.8) is 0 Å². The van der Waals surface area contributed by atoms with Gasteiger partial charge in [-0.2, -0.15) is 0 Å². The molecule has 0 unspecified atom stereocenters. The second kappa shape index (κ2) is 3.66. The van der Waals surface area contributed by atoms with Gasteiger partial charge in [0.15, 0.2) is 0 Å². The van der Waals surface area contributed by atoms with Crippen molar-refractivity contribution in [2.75, 3.05) is 0 Å². The highest BCUT2D eigenvalue weighted by atomic mass is 16.6. The number of nitro groups is 1. The second-order valence-electron chi connectivity index (χ2n) is 2.25. The number of hydrogen-bond donors (Lipinski definition) is 0. The molecule has 0 amide bonds. The second-order valence-corrected chi connectivity index (χ2v) is 2.25. The van der Waals surface area contributed by atoms with Gasteiger partial charge in [0.05, 0.1) is 4.92 Å². The van der Waals surface area contributed by atoms with Gasteiger partial charge < -0.3 is 4.74 Å². The molecule has 0 aliphatic heterocycles. The maximum absolute atomic E-state index is 10.5. The number of carbonyl (C=O) groups excluding carboxylic acids is 1. The molecule has 5 heteroatoms. The average molecular weight is 180 g/mol. The van der Waals surface area contributed by atoms with Crippen molar-refractivity contribution in [3.05, 3.63) is 34.4 Å². The van der Waals surface area contributed by atoms with Crippen LogP contribution in [0.25, 0.3) is 0 Å². The fraction of sp³-hybridized carbons (Fsp3) is 0.125. The Balaban J connectivity index is 2.91. The van der Waals surface area contributed by atoms with Gasteiger partial charge in [0.25, 0.3) is 5.69 Å². The summed E-state index contributed by atoms with van der Waals surface area (Å²) >= 11 is 0. The van der Waals surface area contributed by atoms with Crippen LogP contribution in [0.1, 0.15) is 6.92 Å². The largest absolute Gasteiger partial charge is 0.426 e. The van der Waals surface area contributed by atoms with E-state index in [1.54, 1.807) is 0 Å². The maximum atomic E-state index is 10.5. The molecule has 1 aromatic carbocycles. The number of carbonyl (C=O) groups is 1. The number of esters is 1. The third kappa shape index (κ3) is 2.55. The van der Waals surface area contributed by atoms with Gasteiger partial charge in [-0.3, -0.25) is 14.9 Å². The summed E-state index contributed by atoms with van der Waals surface area (Å²) in [5.74, 6) is -0.474. The molecule has 0 aromatic heterocycles. The van der Waals surface area contributed by atoms with E-state index < -0.39 is 10.9 Å². The normalized spacial score (nSPS) is 9.31. The number of hydrogen-bond acceptors (Lipinski definition) is 4. The number of benzene rings is 1. The van der Waals surface area contributed by atoms with E-state index >= 15 is 0 Å². The highest BCUT2D eigenvalue weighted by Crippen LogP contribution is 2.17. The van der Waals surface area contributed by atoms with Crippen LogP contribution in [0.2, 0.25) is 0 Å². The average Bonchev–Trinajstić information content (AvgIpc) is 2.03. The summed E-state index contributed by atoms with van der Waals surface area (Å²) in [5.41, 5.74) is -0.223. The zero-order valence-electron chi connectivity index (χ0n) is 6.81. The van der Waals surface area contributed by atoms with Crippen molar-refractivity contribution < 1.29 is 14.5 Å². The molecular formula is C8H6NO4. The Labute approximate surface area is 74.1 Å². The molecule has 0 atom stereocenters. The Morgan fingerprint density at radius 2 is 2.31 bits per heavy atom. The molecule has 0 fully saturated rings. The molecule has 1 rings (SSSR count). The van der Waals surface area contributed by atoms with Crippen LogP contribution in [0.3, 0.4) is 0 Å². The van der Waals surface area contributed by atoms with Crippen LogP contribution in [0.4, 0.5) is 5.69 Å². The Bertz CT molecular complexity index is 348. The van der Waals surface area contributed by atoms with Gasteiger partial charge in [0, 0.05) is 13.0 Å². The quantitative estimate of drug-likeness (QED) is 0.298. The van der Waals surface area contributed by atoms with Crippen molar-refractivity contribution in [1.82, 2.24) is 0 Å². The Morgan fingerprint density at radius 1 is 1.62 bits per heavy atom. The zero-order chi connectivity index (χ0) is 9.84. The van der Waals surface area contributed by atoms with Gasteiger partial charge in [-0.15, -0.1) is 0 Å². The molecule has 0 bridgehead atoms. The summed E-state index contributed by atoms with van der Waals surface area (Å²) < 4.78 is 4.61. The maximum Gasteiger partial charge on any atom is 0.308 e. The number of nitro benzene ring substituents is 1. The molecule has 0 heterocycles. The standard InChI is InChI=1S/C8H6NO4/c1-6(10)13-8-4-2-3-7(5-8)9(11)12/h2-4H,1H3. The molecule has 67 valence electrons. The van der Waals surface area contributed by atoms with Crippen LogP contribution in [-0.4, -0.2) is 10.9 Å². The molecule has 5 nitrogen and oxygen atoms in total. The monoisotopic (exact) mass is 180 g/mol. The lowest BCUT2D eigenvalue weighted by Crippen LogP contribution is -2.01. The van der Waals surface area contributed by atoms with E-state index in [0.717, 1.165) is 0 Å². The van der Waals surface area contributed by atoms with Gasteiger partial charge in [-0.05, 0) is 6.07 Å². The molecule has 0 saturated carbocycles. The molecule has 0 saturated heterocycles. The Kier molecular flexibility index (Phi) is 2.59. The molecule has 0 N–H and O–H groups in total. The molecule has 0 aliphatic rings. The summed E-state index contributed by atoms with van der Waals surface area (Å²) in [7, 11) is 0. The van der Waals surface area contributed by atoms with E-state index in [-0.39, 0.29) is 11.4 Å². The fourth-order valence-electron chi connectivity index (χ4n) is 0.757. The minimum Gasteiger partial charge on any atom is -0.426 e. The van der Waals surface area contributed by atoms with Crippen LogP contribution in [0.15, 0.2) is 18.2 Å². The molecule has 0 aliphatic carbocycles. The third-order valence-corrected chi connectivity index (χ3v) is 1.20. The van der Waals surface area contributed by atoms with E-state index in [4.69, 9.17) is 0 Å². The molecule has 1 aromatic rings. The van der Waals surface area contributed by atoms with Gasteiger partial charge in [0.1, 0.15) is 11.8 Å². The fourth-order valence-corrected chi connectivity index (χ4v) is 0.757. The lowest BCUT2D eigenvalue weighted by molar-refractivity contribution is -0.385. The van der Waals surface area contributed by atoms with Gasteiger partial charge in [-0.25, -0.2) is 0 Å². The van der Waals surface area contributed by atoms with Crippen molar-refractivity contribution in [2.45, 2.75) is 6.92 Å². The van der Waals surface area contributed by atoms with E-state index in [1.807, 2.05) is 0 Å². The predicted octanol–water partition coefficient (Wildman–Crippen LogP) is 1.32. The lowest BCUT2D eigenvalue weighted by atomic mass is 10.3. The van der Waals surface area contributed by atoms with Crippen LogP contribution < -0.4 is 4.74 Å². The molecule has 1 radical (unpaired) electrons. The van der Waals surface area contributed by atoms with Gasteiger partial charge >= 0.3 is 5.97 Å². The van der Waals surface area contributed by atoms with Crippen molar-refractivity contribution in [2.24, 2.45) is 0 Å². The Hall–Kier alpha value is -1.91. The third-order valence-electron chi connectivity index (χ3n) is 1.20. The number of non-ortho nitro benzene ring substituents is 1. The summed E-state index contributed by atoms with van der Waals surface area (Å²) in [4.78, 5) is 20.2. The topological polar surface area (TPSA) is 69.4 Å². The first-order valence-corrected chi connectivity index (χ1v) is 3.45. The molecule has 0 spiro atoms. The lowest BCUT2D eigenvalue weighted by Gasteiger charge is -1.98. The number of rotatable bonds is 2. The first-order chi connectivity index (χ1) is 6.09. The van der Waals surface area contributed by atoms with Crippen LogP contribution in [0.5, 0.6) is 5.75 Å². The Morgan fingerprint density at radius 3 is 2.85 bits per heavy atom. The SMILES string of the molecule is CC(=O)Oc1[c]c([N+](=O)[O-])ccc1. The van der Waals surface area contributed by atoms with E-state index in [2.05, 4.69) is 10.8 Å². The summed E-state index contributed by atoms with van der Waals surface area (Å²) in [6.45, 7) is 1.21. The van der Waals surface area contributed by atoms with Gasteiger partial charge in [0.2, 0.25) is 0 Å². The number of nitrogens with zero attached hydrogens (tertiary/aromatic N) is 1. The minimum atomic E-state index is -0.604. The number of ether oxygens (including phenoxy) is 1. The zero-order valence-corrected chi connectivity index (χ0v) is 6.81. The van der Waals surface area contributed by atoms with Crippen molar-refractivity contribution in [3.8, 4) is 5.75 Å². The van der Waals surface area contributed by atoms with Crippen LogP contribution in [0, 0.1) is 16.2 Å².